The third kappa shape index (κ3) is 5.88. The van der Waals surface area contributed by atoms with Crippen molar-refractivity contribution in [3.05, 3.63) is 54.1 Å². The molecule has 1 aliphatic heterocycles. The van der Waals surface area contributed by atoms with Crippen molar-refractivity contribution in [2.75, 3.05) is 25.3 Å². The number of rotatable bonds is 10. The fourth-order valence-corrected chi connectivity index (χ4v) is 4.61. The van der Waals surface area contributed by atoms with Crippen LogP contribution in [0.1, 0.15) is 12.0 Å². The van der Waals surface area contributed by atoms with Crippen molar-refractivity contribution >= 4 is 27.7 Å². The van der Waals surface area contributed by atoms with Crippen LogP contribution in [0.5, 0.6) is 11.5 Å². The summed E-state index contributed by atoms with van der Waals surface area (Å²) in [5, 5.41) is 2.83. The smallest absolute Gasteiger partial charge is 0.241 e. The van der Waals surface area contributed by atoms with Crippen LogP contribution in [0, 0.1) is 0 Å². The van der Waals surface area contributed by atoms with Crippen LogP contribution in [0.3, 0.4) is 0 Å². The minimum Gasteiger partial charge on any atom is -0.454 e. The number of hydrogen-bond donors (Lipinski definition) is 2. The highest BCUT2D eigenvalue weighted by atomic mass is 32.2. The molecule has 3 rings (SSSR count). The largest absolute Gasteiger partial charge is 0.454 e. The molecule has 1 aliphatic rings. The van der Waals surface area contributed by atoms with Crippen molar-refractivity contribution in [1.29, 1.82) is 0 Å². The summed E-state index contributed by atoms with van der Waals surface area (Å²) in [6, 6.07) is 12.9. The summed E-state index contributed by atoms with van der Waals surface area (Å²) < 4.78 is 38.4. The van der Waals surface area contributed by atoms with Crippen molar-refractivity contribution < 1.29 is 22.7 Å². The number of ether oxygens (including phenoxy) is 2. The number of hydrogen-bond acceptors (Lipinski definition) is 6. The summed E-state index contributed by atoms with van der Waals surface area (Å²) in [4.78, 5) is 12.8. The number of carbonyl (C=O) groups excluding carboxylic acids is 1. The zero-order valence-electron chi connectivity index (χ0n) is 16.1. The molecule has 0 spiro atoms. The molecule has 0 fully saturated rings. The molecule has 0 bridgehead atoms. The average Bonchev–Trinajstić information content (AvgIpc) is 3.19. The molecule has 29 heavy (non-hydrogen) atoms. The van der Waals surface area contributed by atoms with E-state index in [4.69, 9.17) is 9.47 Å². The normalized spacial score (nSPS) is 13.8. The lowest BCUT2D eigenvalue weighted by molar-refractivity contribution is -0.122. The second-order valence-corrected chi connectivity index (χ2v) is 9.20. The van der Waals surface area contributed by atoms with Gasteiger partial charge in [0, 0.05) is 6.54 Å². The van der Waals surface area contributed by atoms with Crippen molar-refractivity contribution in [2.45, 2.75) is 23.8 Å². The summed E-state index contributed by atoms with van der Waals surface area (Å²) >= 11 is 1.56. The number of thioether (sulfide) groups is 1. The van der Waals surface area contributed by atoms with Gasteiger partial charge < -0.3 is 14.8 Å². The Kier molecular flexibility index (Phi) is 7.40. The maximum absolute atomic E-state index is 12.6. The highest BCUT2D eigenvalue weighted by molar-refractivity contribution is 7.98. The molecule has 1 amide bonds. The second-order valence-electron chi connectivity index (χ2n) is 6.50. The van der Waals surface area contributed by atoms with E-state index in [1.54, 1.807) is 30.0 Å². The van der Waals surface area contributed by atoms with E-state index >= 15 is 0 Å². The standard InChI is InChI=1S/C20H24N2O5S2/c1-28-12-10-17(22-29(24,25)16-5-3-2-4-6-16)20(23)21-11-9-15-7-8-18-19(13-15)27-14-26-18/h2-8,13,17,22H,9-12,14H2,1H3,(H,21,23)/t17-/m1/s1. The second kappa shape index (κ2) is 10.00. The van der Waals surface area contributed by atoms with Crippen LogP contribution >= 0.6 is 11.8 Å². The zero-order chi connectivity index (χ0) is 20.7. The molecule has 2 N–H and O–H groups in total. The first-order chi connectivity index (χ1) is 14.0. The third-order valence-corrected chi connectivity index (χ3v) is 6.56. The summed E-state index contributed by atoms with van der Waals surface area (Å²) in [5.74, 6) is 1.74. The number of benzene rings is 2. The van der Waals surface area contributed by atoms with E-state index in [1.807, 2.05) is 24.5 Å². The molecule has 2 aromatic carbocycles. The number of fused-ring (bicyclic) bond motifs is 1. The van der Waals surface area contributed by atoms with E-state index in [1.165, 1.54) is 12.1 Å². The molecule has 0 saturated carbocycles. The Morgan fingerprint density at radius 2 is 1.90 bits per heavy atom. The van der Waals surface area contributed by atoms with Gasteiger partial charge in [-0.25, -0.2) is 8.42 Å². The van der Waals surface area contributed by atoms with Gasteiger partial charge in [0.15, 0.2) is 11.5 Å². The van der Waals surface area contributed by atoms with E-state index in [-0.39, 0.29) is 17.6 Å². The molecule has 0 saturated heterocycles. The Hall–Kier alpha value is -2.23. The van der Waals surface area contributed by atoms with Gasteiger partial charge in [0.05, 0.1) is 4.90 Å². The van der Waals surface area contributed by atoms with Crippen molar-refractivity contribution in [2.24, 2.45) is 0 Å². The van der Waals surface area contributed by atoms with Crippen LogP contribution in [0.15, 0.2) is 53.4 Å². The number of nitrogens with one attached hydrogen (secondary N) is 2. The van der Waals surface area contributed by atoms with E-state index in [9.17, 15) is 13.2 Å². The van der Waals surface area contributed by atoms with Gasteiger partial charge in [-0.3, -0.25) is 4.79 Å². The molecule has 0 aromatic heterocycles. The van der Waals surface area contributed by atoms with E-state index < -0.39 is 16.1 Å². The molecule has 0 aliphatic carbocycles. The SMILES string of the molecule is CSCC[C@@H](NS(=O)(=O)c1ccccc1)C(=O)NCCc1ccc2c(c1)OCO2. The first-order valence-corrected chi connectivity index (χ1v) is 12.1. The number of carbonyl (C=O) groups is 1. The molecular formula is C20H24N2O5S2. The van der Waals surface area contributed by atoms with Gasteiger partial charge in [-0.15, -0.1) is 0 Å². The molecule has 9 heteroatoms. The van der Waals surface area contributed by atoms with Gasteiger partial charge in [0.25, 0.3) is 0 Å². The Bertz CT molecular complexity index is 935. The molecule has 1 atom stereocenters. The fraction of sp³-hybridized carbons (Fsp3) is 0.350. The summed E-state index contributed by atoms with van der Waals surface area (Å²) in [7, 11) is -3.77. The highest BCUT2D eigenvalue weighted by Crippen LogP contribution is 2.32. The summed E-state index contributed by atoms with van der Waals surface area (Å²) in [6.07, 6.45) is 2.92. The number of amides is 1. The highest BCUT2D eigenvalue weighted by Gasteiger charge is 2.25. The Morgan fingerprint density at radius 1 is 1.14 bits per heavy atom. The Morgan fingerprint density at radius 3 is 2.66 bits per heavy atom. The maximum atomic E-state index is 12.6. The van der Waals surface area contributed by atoms with Crippen molar-refractivity contribution in [3.8, 4) is 11.5 Å². The fourth-order valence-electron chi connectivity index (χ4n) is 2.88. The van der Waals surface area contributed by atoms with Gasteiger partial charge in [0.2, 0.25) is 22.7 Å². The Balaban J connectivity index is 1.58. The predicted molar refractivity (Wildman–Crippen MR) is 113 cm³/mol. The summed E-state index contributed by atoms with van der Waals surface area (Å²) in [6.45, 7) is 0.607. The molecule has 0 radical (unpaired) electrons. The Labute approximate surface area is 175 Å². The van der Waals surface area contributed by atoms with E-state index in [0.717, 1.165) is 5.56 Å². The average molecular weight is 437 g/mol. The summed E-state index contributed by atoms with van der Waals surface area (Å²) in [5.41, 5.74) is 1.00. The van der Waals surface area contributed by atoms with E-state index in [2.05, 4.69) is 10.0 Å². The third-order valence-electron chi connectivity index (χ3n) is 4.43. The van der Waals surface area contributed by atoms with Crippen LogP contribution in [0.2, 0.25) is 0 Å². The first kappa shape index (κ1) is 21.5. The minimum absolute atomic E-state index is 0.141. The molecule has 7 nitrogen and oxygen atoms in total. The van der Waals surface area contributed by atoms with Crippen molar-refractivity contribution in [3.63, 3.8) is 0 Å². The predicted octanol–water partition coefficient (Wildman–Crippen LogP) is 2.17. The van der Waals surface area contributed by atoms with Crippen LogP contribution < -0.4 is 19.5 Å². The lowest BCUT2D eigenvalue weighted by Gasteiger charge is -2.18. The van der Waals surface area contributed by atoms with E-state index in [0.29, 0.717) is 36.6 Å². The van der Waals surface area contributed by atoms with Gasteiger partial charge in [-0.2, -0.15) is 16.5 Å². The first-order valence-electron chi connectivity index (χ1n) is 9.22. The lowest BCUT2D eigenvalue weighted by atomic mass is 10.1. The molecule has 156 valence electrons. The van der Waals surface area contributed by atoms with Crippen LogP contribution in [0.25, 0.3) is 0 Å². The quantitative estimate of drug-likeness (QED) is 0.593. The van der Waals surface area contributed by atoms with Crippen LogP contribution in [-0.2, 0) is 21.2 Å². The molecular weight excluding hydrogens is 412 g/mol. The minimum atomic E-state index is -3.77. The van der Waals surface area contributed by atoms with Gasteiger partial charge >= 0.3 is 0 Å². The van der Waals surface area contributed by atoms with Crippen LogP contribution in [0.4, 0.5) is 0 Å². The maximum Gasteiger partial charge on any atom is 0.241 e. The lowest BCUT2D eigenvalue weighted by Crippen LogP contribution is -2.47. The topological polar surface area (TPSA) is 93.7 Å². The molecule has 0 unspecified atom stereocenters. The van der Waals surface area contributed by atoms with Gasteiger partial charge in [-0.05, 0) is 54.7 Å². The zero-order valence-corrected chi connectivity index (χ0v) is 17.7. The monoisotopic (exact) mass is 436 g/mol. The van der Waals surface area contributed by atoms with Gasteiger partial charge in [0.1, 0.15) is 6.04 Å². The van der Waals surface area contributed by atoms with Gasteiger partial charge in [-0.1, -0.05) is 24.3 Å². The van der Waals surface area contributed by atoms with Crippen molar-refractivity contribution in [1.82, 2.24) is 10.0 Å². The number of sulfonamides is 1. The molecule has 2 aromatic rings. The van der Waals surface area contributed by atoms with Crippen LogP contribution in [-0.4, -0.2) is 45.7 Å². The molecule has 1 heterocycles.